The summed E-state index contributed by atoms with van der Waals surface area (Å²) in [6.45, 7) is 3.31. The lowest BCUT2D eigenvalue weighted by Crippen LogP contribution is -3.15. The zero-order chi connectivity index (χ0) is 18.6. The van der Waals surface area contributed by atoms with Gasteiger partial charge in [0.15, 0.2) is 12.3 Å². The molecule has 2 aliphatic rings. The summed E-state index contributed by atoms with van der Waals surface area (Å²) in [6, 6.07) is 11.9. The van der Waals surface area contributed by atoms with E-state index in [2.05, 4.69) is 23.5 Å². The molecule has 142 valence electrons. The van der Waals surface area contributed by atoms with Crippen LogP contribution in [0.3, 0.4) is 0 Å². The Morgan fingerprint density at radius 3 is 2.74 bits per heavy atom. The molecule has 0 radical (unpaired) electrons. The maximum Gasteiger partial charge on any atom is 0.289 e. The number of fused-ring (bicyclic) bond motifs is 1. The fraction of sp³-hybridized carbons (Fsp3) is 0.429. The van der Waals surface area contributed by atoms with Crippen molar-refractivity contribution in [2.45, 2.75) is 25.3 Å². The number of piperazine rings is 1. The van der Waals surface area contributed by atoms with E-state index < -0.39 is 0 Å². The summed E-state index contributed by atoms with van der Waals surface area (Å²) in [7, 11) is 0. The molecule has 2 aromatic rings. The van der Waals surface area contributed by atoms with Gasteiger partial charge in [-0.05, 0) is 42.5 Å². The Balaban J connectivity index is 1.27. The first kappa shape index (κ1) is 17.8. The number of quaternary nitrogens is 1. The lowest BCUT2D eigenvalue weighted by atomic mass is 9.88. The second-order valence-electron chi connectivity index (χ2n) is 7.41. The molecule has 1 atom stereocenters. The van der Waals surface area contributed by atoms with Crippen LogP contribution < -0.4 is 10.2 Å². The van der Waals surface area contributed by atoms with Crippen molar-refractivity contribution in [3.63, 3.8) is 0 Å². The van der Waals surface area contributed by atoms with Crippen molar-refractivity contribution in [2.24, 2.45) is 0 Å². The van der Waals surface area contributed by atoms with Crippen molar-refractivity contribution in [1.82, 2.24) is 10.2 Å². The Kier molecular flexibility index (Phi) is 5.25. The minimum Gasteiger partial charge on any atom is -0.459 e. The number of furan rings is 1. The van der Waals surface area contributed by atoms with Crippen LogP contribution in [-0.4, -0.2) is 49.4 Å². The van der Waals surface area contributed by atoms with Gasteiger partial charge in [-0.3, -0.25) is 9.59 Å². The Morgan fingerprint density at radius 2 is 1.96 bits per heavy atom. The number of hydrogen-bond acceptors (Lipinski definition) is 3. The highest BCUT2D eigenvalue weighted by Crippen LogP contribution is 2.29. The third-order valence-corrected chi connectivity index (χ3v) is 5.60. The van der Waals surface area contributed by atoms with Crippen LogP contribution in [-0.2, 0) is 11.2 Å². The molecular formula is C21H26N3O3+. The lowest BCUT2D eigenvalue weighted by Gasteiger charge is -2.32. The van der Waals surface area contributed by atoms with Gasteiger partial charge in [0.05, 0.1) is 38.5 Å². The van der Waals surface area contributed by atoms with E-state index in [9.17, 15) is 9.59 Å². The third kappa shape index (κ3) is 4.06. The summed E-state index contributed by atoms with van der Waals surface area (Å²) in [5.41, 5.74) is 2.62. The number of aryl methyl sites for hydroxylation is 1. The first-order valence-corrected chi connectivity index (χ1v) is 9.74. The van der Waals surface area contributed by atoms with Crippen LogP contribution in [0.5, 0.6) is 0 Å². The van der Waals surface area contributed by atoms with Crippen molar-refractivity contribution in [3.8, 4) is 0 Å². The zero-order valence-electron chi connectivity index (χ0n) is 15.4. The fourth-order valence-electron chi connectivity index (χ4n) is 4.14. The molecule has 1 aliphatic carbocycles. The molecule has 1 fully saturated rings. The highest BCUT2D eigenvalue weighted by Gasteiger charge is 2.28. The van der Waals surface area contributed by atoms with E-state index in [-0.39, 0.29) is 17.9 Å². The van der Waals surface area contributed by atoms with E-state index in [1.807, 2.05) is 6.07 Å². The van der Waals surface area contributed by atoms with Crippen LogP contribution in [0.1, 0.15) is 40.6 Å². The summed E-state index contributed by atoms with van der Waals surface area (Å²) in [6.07, 6.45) is 4.73. The molecule has 2 N–H and O–H groups in total. The van der Waals surface area contributed by atoms with Crippen LogP contribution in [0, 0.1) is 0 Å². The quantitative estimate of drug-likeness (QED) is 0.840. The van der Waals surface area contributed by atoms with E-state index in [1.54, 1.807) is 17.0 Å². The van der Waals surface area contributed by atoms with Crippen LogP contribution in [0.15, 0.2) is 47.1 Å². The van der Waals surface area contributed by atoms with E-state index in [0.29, 0.717) is 25.4 Å². The highest BCUT2D eigenvalue weighted by molar-refractivity contribution is 5.91. The predicted molar refractivity (Wildman–Crippen MR) is 100 cm³/mol. The standard InChI is InChI=1S/C21H25N3O3/c25-20(22-18-8-3-6-16-5-1-2-7-17(16)18)15-23-10-12-24(13-11-23)21(26)19-9-4-14-27-19/h1-2,4-5,7,9,14,18H,3,6,8,10-13,15H2,(H,22,25)/p+1/t18-/m0/s1. The maximum atomic E-state index is 12.6. The van der Waals surface area contributed by atoms with Gasteiger partial charge in [0.1, 0.15) is 0 Å². The number of nitrogens with zero attached hydrogens (tertiary/aromatic N) is 1. The van der Waals surface area contributed by atoms with Gasteiger partial charge in [-0.1, -0.05) is 24.3 Å². The zero-order valence-corrected chi connectivity index (χ0v) is 15.4. The average molecular weight is 368 g/mol. The summed E-state index contributed by atoms with van der Waals surface area (Å²) in [5.74, 6) is 0.409. The third-order valence-electron chi connectivity index (χ3n) is 5.60. The molecule has 27 heavy (non-hydrogen) atoms. The minimum atomic E-state index is -0.0673. The van der Waals surface area contributed by atoms with Gasteiger partial charge in [0, 0.05) is 0 Å². The number of carbonyl (C=O) groups is 2. The van der Waals surface area contributed by atoms with Crippen molar-refractivity contribution >= 4 is 11.8 Å². The SMILES string of the molecule is O=C(C[NH+]1CCN(C(=O)c2ccco2)CC1)N[C@H]1CCCc2ccccc21. The molecule has 2 heterocycles. The van der Waals surface area contributed by atoms with Gasteiger partial charge in [0.2, 0.25) is 0 Å². The molecule has 2 amide bonds. The number of amides is 2. The molecule has 6 nitrogen and oxygen atoms in total. The van der Waals surface area contributed by atoms with Gasteiger partial charge < -0.3 is 19.5 Å². The topological polar surface area (TPSA) is 67.0 Å². The molecule has 1 aromatic heterocycles. The first-order valence-electron chi connectivity index (χ1n) is 9.74. The first-order chi connectivity index (χ1) is 13.2. The monoisotopic (exact) mass is 368 g/mol. The molecule has 0 spiro atoms. The second-order valence-corrected chi connectivity index (χ2v) is 7.41. The molecule has 0 saturated carbocycles. The minimum absolute atomic E-state index is 0.0673. The smallest absolute Gasteiger partial charge is 0.289 e. The van der Waals surface area contributed by atoms with Gasteiger partial charge in [-0.2, -0.15) is 0 Å². The average Bonchev–Trinajstić information content (AvgIpc) is 3.23. The highest BCUT2D eigenvalue weighted by atomic mass is 16.3. The van der Waals surface area contributed by atoms with E-state index in [0.717, 1.165) is 32.4 Å². The van der Waals surface area contributed by atoms with E-state index >= 15 is 0 Å². The largest absolute Gasteiger partial charge is 0.459 e. The van der Waals surface area contributed by atoms with Crippen LogP contribution in [0.4, 0.5) is 0 Å². The van der Waals surface area contributed by atoms with Crippen molar-refractivity contribution in [2.75, 3.05) is 32.7 Å². The normalized spacial score (nSPS) is 20.1. The fourth-order valence-corrected chi connectivity index (χ4v) is 4.14. The number of carbonyl (C=O) groups excluding carboxylic acids is 2. The summed E-state index contributed by atoms with van der Waals surface area (Å²) in [5, 5.41) is 3.22. The maximum absolute atomic E-state index is 12.6. The molecule has 1 saturated heterocycles. The number of benzene rings is 1. The Morgan fingerprint density at radius 1 is 1.15 bits per heavy atom. The van der Waals surface area contributed by atoms with Gasteiger partial charge in [-0.15, -0.1) is 0 Å². The van der Waals surface area contributed by atoms with Gasteiger partial charge in [0.25, 0.3) is 11.8 Å². The van der Waals surface area contributed by atoms with Crippen molar-refractivity contribution in [3.05, 3.63) is 59.5 Å². The molecule has 4 rings (SSSR count). The van der Waals surface area contributed by atoms with Crippen LogP contribution in [0.25, 0.3) is 0 Å². The molecular weight excluding hydrogens is 342 g/mol. The molecule has 0 bridgehead atoms. The Bertz CT molecular complexity index is 795. The van der Waals surface area contributed by atoms with Crippen molar-refractivity contribution in [1.29, 1.82) is 0 Å². The van der Waals surface area contributed by atoms with Gasteiger partial charge in [-0.25, -0.2) is 0 Å². The predicted octanol–water partition coefficient (Wildman–Crippen LogP) is 0.814. The number of hydrogen-bond donors (Lipinski definition) is 2. The summed E-state index contributed by atoms with van der Waals surface area (Å²) in [4.78, 5) is 27.9. The van der Waals surface area contributed by atoms with Crippen LogP contribution >= 0.6 is 0 Å². The van der Waals surface area contributed by atoms with E-state index in [4.69, 9.17) is 4.42 Å². The van der Waals surface area contributed by atoms with Crippen LogP contribution in [0.2, 0.25) is 0 Å². The Hall–Kier alpha value is -2.60. The molecule has 1 aliphatic heterocycles. The molecule has 6 heteroatoms. The molecule has 1 aromatic carbocycles. The number of rotatable bonds is 4. The second kappa shape index (κ2) is 7.96. The summed E-state index contributed by atoms with van der Waals surface area (Å²) >= 11 is 0. The number of nitrogens with one attached hydrogen (secondary N) is 2. The van der Waals surface area contributed by atoms with E-state index in [1.165, 1.54) is 22.3 Å². The Labute approximate surface area is 159 Å². The molecule has 0 unspecified atom stereocenters. The lowest BCUT2D eigenvalue weighted by molar-refractivity contribution is -0.896. The summed E-state index contributed by atoms with van der Waals surface area (Å²) < 4.78 is 5.19. The van der Waals surface area contributed by atoms with Crippen molar-refractivity contribution < 1.29 is 18.9 Å². The van der Waals surface area contributed by atoms with Gasteiger partial charge >= 0.3 is 0 Å².